The second-order valence-corrected chi connectivity index (χ2v) is 3.85. The van der Waals surface area contributed by atoms with Crippen molar-refractivity contribution in [1.82, 2.24) is 15.4 Å². The predicted molar refractivity (Wildman–Crippen MR) is 67.6 cm³/mol. The molecule has 3 N–H and O–H groups in total. The summed E-state index contributed by atoms with van der Waals surface area (Å²) in [6.07, 6.45) is 0. The number of H-pyrrole nitrogens is 1. The first-order valence-electron chi connectivity index (χ1n) is 5.78. The Hall–Kier alpha value is -2.26. The van der Waals surface area contributed by atoms with Gasteiger partial charge in [0.2, 0.25) is 0 Å². The third kappa shape index (κ3) is 2.68. The normalized spacial score (nSPS) is 10.4. The van der Waals surface area contributed by atoms with Gasteiger partial charge in [0.15, 0.2) is 5.69 Å². The number of halogens is 1. The van der Waals surface area contributed by atoms with E-state index in [-0.39, 0.29) is 23.5 Å². The smallest absolute Gasteiger partial charge is 0.461 e. The van der Waals surface area contributed by atoms with E-state index in [1.165, 1.54) is 12.1 Å². The number of aromatic nitrogens is 3. The van der Waals surface area contributed by atoms with Crippen LogP contribution >= 0.6 is 0 Å². The summed E-state index contributed by atoms with van der Waals surface area (Å²) in [5.74, 6) is -1.45. The molecule has 7 nitrogen and oxygen atoms in total. The van der Waals surface area contributed by atoms with Gasteiger partial charge in [-0.2, -0.15) is 10.3 Å². The fourth-order valence-electron chi connectivity index (χ4n) is 1.66. The Bertz CT molecular complexity index is 632. The van der Waals surface area contributed by atoms with Crippen molar-refractivity contribution in [3.05, 3.63) is 29.7 Å². The van der Waals surface area contributed by atoms with Gasteiger partial charge in [0.25, 0.3) is 0 Å². The standard InChI is InChI=1S/C11H11BFN3O4/c1-2-20-11(17)10-9(14-16-15-10)6-3-4-8(13)7(5-6)12(18)19/h3-5,18-19H,2H2,1H3,(H,14,15,16). The molecule has 0 saturated heterocycles. The minimum Gasteiger partial charge on any atom is -0.461 e. The van der Waals surface area contributed by atoms with E-state index in [9.17, 15) is 9.18 Å². The Kier molecular flexibility index (Phi) is 4.11. The lowest BCUT2D eigenvalue weighted by molar-refractivity contribution is 0.0520. The highest BCUT2D eigenvalue weighted by Gasteiger charge is 2.22. The summed E-state index contributed by atoms with van der Waals surface area (Å²) in [4.78, 5) is 11.7. The molecule has 0 aliphatic heterocycles. The van der Waals surface area contributed by atoms with Gasteiger partial charge in [0.05, 0.1) is 6.61 Å². The van der Waals surface area contributed by atoms with E-state index in [4.69, 9.17) is 14.8 Å². The van der Waals surface area contributed by atoms with Crippen molar-refractivity contribution in [3.8, 4) is 11.3 Å². The maximum absolute atomic E-state index is 13.4. The van der Waals surface area contributed by atoms with Gasteiger partial charge >= 0.3 is 13.1 Å². The van der Waals surface area contributed by atoms with Crippen LogP contribution in [-0.2, 0) is 4.74 Å². The largest absolute Gasteiger partial charge is 0.491 e. The molecule has 104 valence electrons. The van der Waals surface area contributed by atoms with Crippen molar-refractivity contribution < 1.29 is 24.0 Å². The Balaban J connectivity index is 2.45. The minimum absolute atomic E-state index is 0.0585. The number of nitrogens with zero attached hydrogens (tertiary/aromatic N) is 2. The van der Waals surface area contributed by atoms with Crippen LogP contribution < -0.4 is 5.46 Å². The lowest BCUT2D eigenvalue weighted by Crippen LogP contribution is -2.32. The number of hydrogen-bond acceptors (Lipinski definition) is 6. The predicted octanol–water partition coefficient (Wildman–Crippen LogP) is -0.533. The molecular formula is C11H11BFN3O4. The third-order valence-corrected chi connectivity index (χ3v) is 2.56. The lowest BCUT2D eigenvalue weighted by Gasteiger charge is -2.05. The van der Waals surface area contributed by atoms with Crippen LogP contribution in [0.2, 0.25) is 0 Å². The summed E-state index contributed by atoms with van der Waals surface area (Å²) in [5.41, 5.74) is 0.0776. The number of ether oxygens (including phenoxy) is 1. The molecule has 0 fully saturated rings. The summed E-state index contributed by atoms with van der Waals surface area (Å²) in [6, 6.07) is 3.58. The summed E-state index contributed by atoms with van der Waals surface area (Å²) in [5, 5.41) is 27.9. The summed E-state index contributed by atoms with van der Waals surface area (Å²) in [6.45, 7) is 1.82. The van der Waals surface area contributed by atoms with Crippen LogP contribution in [-0.4, -0.2) is 45.2 Å². The molecule has 2 rings (SSSR count). The average Bonchev–Trinajstić information content (AvgIpc) is 2.88. The Morgan fingerprint density at radius 1 is 1.45 bits per heavy atom. The quantitative estimate of drug-likeness (QED) is 0.512. The average molecular weight is 279 g/mol. The maximum Gasteiger partial charge on any atom is 0.491 e. The van der Waals surface area contributed by atoms with Crippen LogP contribution in [0, 0.1) is 5.82 Å². The van der Waals surface area contributed by atoms with E-state index in [1.54, 1.807) is 6.92 Å². The van der Waals surface area contributed by atoms with Crippen molar-refractivity contribution in [3.63, 3.8) is 0 Å². The molecule has 0 aliphatic rings. The maximum atomic E-state index is 13.4. The number of carbonyl (C=O) groups excluding carboxylic acids is 1. The molecular weight excluding hydrogens is 268 g/mol. The molecule has 0 atom stereocenters. The topological polar surface area (TPSA) is 108 Å². The van der Waals surface area contributed by atoms with Gasteiger partial charge in [-0.25, -0.2) is 9.18 Å². The van der Waals surface area contributed by atoms with E-state index in [0.29, 0.717) is 5.56 Å². The molecule has 0 saturated carbocycles. The molecule has 1 heterocycles. The number of benzene rings is 1. The van der Waals surface area contributed by atoms with Crippen molar-refractivity contribution in [2.24, 2.45) is 0 Å². The van der Waals surface area contributed by atoms with Crippen LogP contribution in [0.1, 0.15) is 17.4 Å². The first kappa shape index (κ1) is 14.2. The molecule has 0 aliphatic carbocycles. The second kappa shape index (κ2) is 5.80. The van der Waals surface area contributed by atoms with Gasteiger partial charge in [-0.05, 0) is 25.1 Å². The van der Waals surface area contributed by atoms with E-state index < -0.39 is 18.9 Å². The summed E-state index contributed by atoms with van der Waals surface area (Å²) < 4.78 is 18.2. The molecule has 0 unspecified atom stereocenters. The van der Waals surface area contributed by atoms with Crippen molar-refractivity contribution in [2.45, 2.75) is 6.92 Å². The highest BCUT2D eigenvalue weighted by Crippen LogP contribution is 2.20. The van der Waals surface area contributed by atoms with Gasteiger partial charge in [-0.3, -0.25) is 0 Å². The van der Waals surface area contributed by atoms with Gasteiger partial charge in [-0.1, -0.05) is 0 Å². The highest BCUT2D eigenvalue weighted by atomic mass is 19.1. The molecule has 1 aromatic carbocycles. The van der Waals surface area contributed by atoms with E-state index in [0.717, 1.165) is 6.07 Å². The Morgan fingerprint density at radius 2 is 2.20 bits per heavy atom. The monoisotopic (exact) mass is 279 g/mol. The van der Waals surface area contributed by atoms with Crippen LogP contribution in [0.3, 0.4) is 0 Å². The molecule has 0 bridgehead atoms. The molecule has 0 radical (unpaired) electrons. The number of esters is 1. The number of hydrogen-bond donors (Lipinski definition) is 3. The third-order valence-electron chi connectivity index (χ3n) is 2.56. The first-order valence-corrected chi connectivity index (χ1v) is 5.78. The number of nitrogens with one attached hydrogen (secondary N) is 1. The van der Waals surface area contributed by atoms with Gasteiger partial charge in [-0.15, -0.1) is 5.10 Å². The van der Waals surface area contributed by atoms with Crippen LogP contribution in [0.15, 0.2) is 18.2 Å². The fourth-order valence-corrected chi connectivity index (χ4v) is 1.66. The van der Waals surface area contributed by atoms with Gasteiger partial charge in [0.1, 0.15) is 11.5 Å². The molecule has 9 heteroatoms. The Morgan fingerprint density at radius 3 is 2.85 bits per heavy atom. The molecule has 1 aromatic heterocycles. The zero-order chi connectivity index (χ0) is 14.7. The number of carbonyl (C=O) groups is 1. The van der Waals surface area contributed by atoms with Crippen molar-refractivity contribution in [1.29, 1.82) is 0 Å². The van der Waals surface area contributed by atoms with Gasteiger partial charge in [0, 0.05) is 11.0 Å². The van der Waals surface area contributed by atoms with Gasteiger partial charge < -0.3 is 14.8 Å². The number of aromatic amines is 1. The Labute approximate surface area is 113 Å². The SMILES string of the molecule is CCOC(=O)c1n[nH]nc1-c1ccc(F)c(B(O)O)c1. The second-order valence-electron chi connectivity index (χ2n) is 3.85. The molecule has 2 aromatic rings. The highest BCUT2D eigenvalue weighted by molar-refractivity contribution is 6.58. The van der Waals surface area contributed by atoms with Crippen LogP contribution in [0.5, 0.6) is 0 Å². The summed E-state index contributed by atoms with van der Waals surface area (Å²) >= 11 is 0. The minimum atomic E-state index is -1.96. The molecule has 0 amide bonds. The van der Waals surface area contributed by atoms with E-state index in [2.05, 4.69) is 15.4 Å². The number of rotatable bonds is 4. The van der Waals surface area contributed by atoms with E-state index >= 15 is 0 Å². The zero-order valence-corrected chi connectivity index (χ0v) is 10.5. The van der Waals surface area contributed by atoms with Crippen LogP contribution in [0.25, 0.3) is 11.3 Å². The zero-order valence-electron chi connectivity index (χ0n) is 10.5. The van der Waals surface area contributed by atoms with Crippen molar-refractivity contribution >= 4 is 18.6 Å². The molecule has 0 spiro atoms. The van der Waals surface area contributed by atoms with Crippen molar-refractivity contribution in [2.75, 3.05) is 6.61 Å². The van der Waals surface area contributed by atoms with Crippen LogP contribution in [0.4, 0.5) is 4.39 Å². The fraction of sp³-hybridized carbons (Fsp3) is 0.182. The molecule has 20 heavy (non-hydrogen) atoms. The lowest BCUT2D eigenvalue weighted by atomic mass is 9.79. The van der Waals surface area contributed by atoms with E-state index in [1.807, 2.05) is 0 Å². The first-order chi connectivity index (χ1) is 9.54. The summed E-state index contributed by atoms with van der Waals surface area (Å²) in [7, 11) is -1.96.